The number of aromatic nitrogens is 1. The average molecular weight is 495 g/mol. The van der Waals surface area contributed by atoms with Gasteiger partial charge in [-0.05, 0) is 43.7 Å². The Morgan fingerprint density at radius 1 is 1.09 bits per heavy atom. The number of carbonyl (C=O) groups is 1. The highest BCUT2D eigenvalue weighted by molar-refractivity contribution is 7.07. The number of nitrogens with zero attached hydrogens (tertiary/aromatic N) is 2. The van der Waals surface area contributed by atoms with Crippen LogP contribution in [0.2, 0.25) is 0 Å². The van der Waals surface area contributed by atoms with Gasteiger partial charge in [0.05, 0.1) is 49.8 Å². The van der Waals surface area contributed by atoms with Crippen molar-refractivity contribution in [3.8, 4) is 17.2 Å². The first-order chi connectivity index (χ1) is 16.9. The van der Waals surface area contributed by atoms with Gasteiger partial charge in [0.1, 0.15) is 5.75 Å². The molecule has 0 unspecified atom stereocenters. The summed E-state index contributed by atoms with van der Waals surface area (Å²) in [7, 11) is 4.69. The Morgan fingerprint density at radius 3 is 2.46 bits per heavy atom. The SMILES string of the molecule is CCOC(=O)C1=C(C)N=c2s/c(=C/c3cccc(OC)c3OC)c(=O)n2[C@H]1c1ccc(OC)cc1. The highest BCUT2D eigenvalue weighted by Crippen LogP contribution is 2.33. The third-order valence-corrected chi connectivity index (χ3v) is 6.65. The number of rotatable bonds is 7. The van der Waals surface area contributed by atoms with Crippen LogP contribution in [0.5, 0.6) is 17.2 Å². The topological polar surface area (TPSA) is 88.4 Å². The second-order valence-electron chi connectivity index (χ2n) is 7.66. The predicted molar refractivity (Wildman–Crippen MR) is 133 cm³/mol. The Bertz CT molecular complexity index is 1470. The Balaban J connectivity index is 1.96. The Hall–Kier alpha value is -3.85. The normalized spacial score (nSPS) is 15.3. The minimum Gasteiger partial charge on any atom is -0.497 e. The van der Waals surface area contributed by atoms with Crippen molar-refractivity contribution in [1.29, 1.82) is 0 Å². The maximum absolute atomic E-state index is 13.7. The minimum absolute atomic E-state index is 0.213. The molecule has 1 aliphatic heterocycles. The average Bonchev–Trinajstić information content (AvgIpc) is 3.17. The molecule has 0 N–H and O–H groups in total. The van der Waals surface area contributed by atoms with Crippen LogP contribution in [-0.4, -0.2) is 38.5 Å². The lowest BCUT2D eigenvalue weighted by molar-refractivity contribution is -0.139. The van der Waals surface area contributed by atoms with Crippen molar-refractivity contribution in [1.82, 2.24) is 4.57 Å². The van der Waals surface area contributed by atoms with Gasteiger partial charge in [-0.1, -0.05) is 35.6 Å². The molecule has 0 saturated heterocycles. The molecule has 2 aromatic carbocycles. The van der Waals surface area contributed by atoms with Crippen molar-refractivity contribution in [2.24, 2.45) is 4.99 Å². The lowest BCUT2D eigenvalue weighted by Crippen LogP contribution is -2.39. The van der Waals surface area contributed by atoms with Crippen molar-refractivity contribution in [2.75, 3.05) is 27.9 Å². The van der Waals surface area contributed by atoms with Crippen LogP contribution in [0.15, 0.2) is 63.5 Å². The van der Waals surface area contributed by atoms with Crippen LogP contribution in [0.1, 0.15) is 31.0 Å². The largest absolute Gasteiger partial charge is 0.497 e. The summed E-state index contributed by atoms with van der Waals surface area (Å²) in [6.07, 6.45) is 1.75. The summed E-state index contributed by atoms with van der Waals surface area (Å²) in [5, 5.41) is 0. The first-order valence-corrected chi connectivity index (χ1v) is 11.8. The molecule has 182 valence electrons. The van der Waals surface area contributed by atoms with Crippen molar-refractivity contribution in [3.05, 3.63) is 84.5 Å². The number of hydrogen-bond acceptors (Lipinski definition) is 8. The number of hydrogen-bond donors (Lipinski definition) is 0. The van der Waals surface area contributed by atoms with Gasteiger partial charge >= 0.3 is 5.97 Å². The zero-order valence-corrected chi connectivity index (χ0v) is 21.0. The van der Waals surface area contributed by atoms with Gasteiger partial charge in [-0.3, -0.25) is 9.36 Å². The summed E-state index contributed by atoms with van der Waals surface area (Å²) in [6, 6.07) is 12.0. The summed E-state index contributed by atoms with van der Waals surface area (Å²) < 4.78 is 23.5. The van der Waals surface area contributed by atoms with E-state index in [2.05, 4.69) is 4.99 Å². The first-order valence-electron chi connectivity index (χ1n) is 11.0. The minimum atomic E-state index is -0.689. The molecule has 1 aromatic heterocycles. The van der Waals surface area contributed by atoms with E-state index in [-0.39, 0.29) is 12.2 Å². The molecule has 0 saturated carbocycles. The fourth-order valence-corrected chi connectivity index (χ4v) is 5.10. The van der Waals surface area contributed by atoms with Gasteiger partial charge in [-0.15, -0.1) is 0 Å². The maximum atomic E-state index is 13.7. The molecule has 35 heavy (non-hydrogen) atoms. The Morgan fingerprint density at radius 2 is 1.83 bits per heavy atom. The summed E-state index contributed by atoms with van der Waals surface area (Å²) in [4.78, 5) is 31.8. The van der Waals surface area contributed by atoms with Crippen LogP contribution in [0.4, 0.5) is 0 Å². The first kappa shape index (κ1) is 24.3. The number of carbonyl (C=O) groups excluding carboxylic acids is 1. The molecule has 0 bridgehead atoms. The zero-order chi connectivity index (χ0) is 25.1. The second kappa shape index (κ2) is 10.2. The van der Waals surface area contributed by atoms with E-state index in [0.29, 0.717) is 43.4 Å². The highest BCUT2D eigenvalue weighted by atomic mass is 32.1. The molecule has 0 radical (unpaired) electrons. The van der Waals surface area contributed by atoms with E-state index in [0.717, 1.165) is 5.56 Å². The molecular formula is C26H26N2O6S. The van der Waals surface area contributed by atoms with Gasteiger partial charge < -0.3 is 18.9 Å². The summed E-state index contributed by atoms with van der Waals surface area (Å²) >= 11 is 1.25. The van der Waals surface area contributed by atoms with Crippen molar-refractivity contribution < 1.29 is 23.7 Å². The van der Waals surface area contributed by atoms with Gasteiger partial charge in [-0.2, -0.15) is 0 Å². The molecule has 0 spiro atoms. The van der Waals surface area contributed by atoms with Gasteiger partial charge in [0, 0.05) is 5.56 Å². The number of ether oxygens (including phenoxy) is 4. The fraction of sp³-hybridized carbons (Fsp3) is 0.269. The van der Waals surface area contributed by atoms with E-state index < -0.39 is 12.0 Å². The zero-order valence-electron chi connectivity index (χ0n) is 20.2. The number of methoxy groups -OCH3 is 3. The highest BCUT2D eigenvalue weighted by Gasteiger charge is 2.33. The predicted octanol–water partition coefficient (Wildman–Crippen LogP) is 2.82. The van der Waals surface area contributed by atoms with Gasteiger partial charge in [-0.25, -0.2) is 9.79 Å². The molecule has 0 amide bonds. The summed E-state index contributed by atoms with van der Waals surface area (Å²) in [5.74, 6) is 1.25. The smallest absolute Gasteiger partial charge is 0.338 e. The van der Waals surface area contributed by atoms with Crippen molar-refractivity contribution >= 4 is 23.4 Å². The van der Waals surface area contributed by atoms with E-state index in [9.17, 15) is 9.59 Å². The van der Waals surface area contributed by atoms with E-state index in [1.807, 2.05) is 24.3 Å². The van der Waals surface area contributed by atoms with Crippen LogP contribution in [0.3, 0.4) is 0 Å². The quantitative estimate of drug-likeness (QED) is 0.470. The van der Waals surface area contributed by atoms with Gasteiger partial charge in [0.25, 0.3) is 5.56 Å². The molecule has 3 aromatic rings. The molecule has 2 heterocycles. The van der Waals surface area contributed by atoms with E-state index in [4.69, 9.17) is 18.9 Å². The Labute approximate surface area is 206 Å². The standard InChI is InChI=1S/C26H26N2O6S/c1-6-34-25(30)21-15(2)27-26-28(22(21)16-10-12-18(31-3)13-11-16)24(29)20(35-26)14-17-8-7-9-19(32-4)23(17)33-5/h7-14,22H,6H2,1-5H3/b20-14+/t22-/m0/s1. The van der Waals surface area contributed by atoms with Gasteiger partial charge in [0.15, 0.2) is 16.3 Å². The summed E-state index contributed by atoms with van der Waals surface area (Å²) in [6.45, 7) is 3.71. The number of benzene rings is 2. The van der Waals surface area contributed by atoms with Crippen molar-refractivity contribution in [2.45, 2.75) is 19.9 Å². The lowest BCUT2D eigenvalue weighted by Gasteiger charge is -2.24. The molecule has 1 atom stereocenters. The van der Waals surface area contributed by atoms with Gasteiger partial charge in [0.2, 0.25) is 0 Å². The molecule has 8 nitrogen and oxygen atoms in total. The van der Waals surface area contributed by atoms with E-state index >= 15 is 0 Å². The number of allylic oxidation sites excluding steroid dienone is 1. The third kappa shape index (κ3) is 4.46. The van der Waals surface area contributed by atoms with Crippen LogP contribution in [0, 0.1) is 0 Å². The molecular weight excluding hydrogens is 468 g/mol. The monoisotopic (exact) mass is 494 g/mol. The number of esters is 1. The van der Waals surface area contributed by atoms with Crippen LogP contribution in [-0.2, 0) is 9.53 Å². The van der Waals surface area contributed by atoms with Crippen molar-refractivity contribution in [3.63, 3.8) is 0 Å². The van der Waals surface area contributed by atoms with E-state index in [1.165, 1.54) is 11.3 Å². The Kier molecular flexibility index (Phi) is 7.07. The molecule has 0 fully saturated rings. The molecule has 4 rings (SSSR count). The number of para-hydroxylation sites is 1. The lowest BCUT2D eigenvalue weighted by atomic mass is 9.96. The van der Waals surface area contributed by atoms with Crippen LogP contribution in [0.25, 0.3) is 6.08 Å². The number of thiazole rings is 1. The fourth-order valence-electron chi connectivity index (χ4n) is 4.06. The third-order valence-electron chi connectivity index (χ3n) is 5.67. The summed E-state index contributed by atoms with van der Waals surface area (Å²) in [5.41, 5.74) is 2.01. The van der Waals surface area contributed by atoms with E-state index in [1.54, 1.807) is 64.0 Å². The van der Waals surface area contributed by atoms with Crippen LogP contribution >= 0.6 is 11.3 Å². The number of fused-ring (bicyclic) bond motifs is 1. The molecule has 9 heteroatoms. The molecule has 0 aliphatic carbocycles. The maximum Gasteiger partial charge on any atom is 0.338 e. The molecule has 1 aliphatic rings. The van der Waals surface area contributed by atoms with Crippen LogP contribution < -0.4 is 29.1 Å². The second-order valence-corrected chi connectivity index (χ2v) is 8.67.